The lowest BCUT2D eigenvalue weighted by molar-refractivity contribution is 0.517. The molecule has 0 radical (unpaired) electrons. The number of aromatic nitrogens is 1. The molecule has 1 atom stereocenters. The third-order valence-electron chi connectivity index (χ3n) is 2.45. The Hall–Kier alpha value is -0.850. The molecule has 0 bridgehead atoms. The molecule has 1 aromatic rings. The third-order valence-corrected chi connectivity index (χ3v) is 2.45. The zero-order valence-corrected chi connectivity index (χ0v) is 8.83. The molecule has 0 spiro atoms. The van der Waals surface area contributed by atoms with E-state index in [1.807, 2.05) is 12.4 Å². The van der Waals surface area contributed by atoms with Gasteiger partial charge in [0.1, 0.15) is 0 Å². The van der Waals surface area contributed by atoms with E-state index in [9.17, 15) is 0 Å². The minimum absolute atomic E-state index is 0.672. The summed E-state index contributed by atoms with van der Waals surface area (Å²) in [6, 6.07) is 4.23. The Morgan fingerprint density at radius 3 is 2.23 bits per heavy atom. The van der Waals surface area contributed by atoms with Crippen molar-refractivity contribution in [3.63, 3.8) is 0 Å². The van der Waals surface area contributed by atoms with Crippen molar-refractivity contribution in [2.75, 3.05) is 0 Å². The highest BCUT2D eigenvalue weighted by molar-refractivity contribution is 5.14. The maximum absolute atomic E-state index is 4.02. The second-order valence-corrected chi connectivity index (χ2v) is 4.15. The van der Waals surface area contributed by atoms with E-state index >= 15 is 0 Å². The van der Waals surface area contributed by atoms with Crippen molar-refractivity contribution in [1.29, 1.82) is 0 Å². The topological polar surface area (TPSA) is 12.9 Å². The summed E-state index contributed by atoms with van der Waals surface area (Å²) in [6.45, 7) is 6.84. The average Bonchev–Trinajstić information content (AvgIpc) is 2.15. The molecule has 0 saturated carbocycles. The van der Waals surface area contributed by atoms with E-state index in [-0.39, 0.29) is 0 Å². The van der Waals surface area contributed by atoms with Crippen LogP contribution in [0.2, 0.25) is 0 Å². The molecule has 0 fully saturated rings. The molecule has 0 aliphatic carbocycles. The highest BCUT2D eigenvalue weighted by Gasteiger charge is 2.05. The number of nitrogens with zero attached hydrogens (tertiary/aromatic N) is 1. The van der Waals surface area contributed by atoms with E-state index in [4.69, 9.17) is 0 Å². The molecular weight excluding hydrogens is 158 g/mol. The minimum atomic E-state index is 0.672. The molecule has 13 heavy (non-hydrogen) atoms. The van der Waals surface area contributed by atoms with Crippen LogP contribution in [0.25, 0.3) is 0 Å². The molecule has 0 aromatic carbocycles. The fraction of sp³-hybridized carbons (Fsp3) is 0.583. The van der Waals surface area contributed by atoms with E-state index in [1.165, 1.54) is 18.4 Å². The normalized spacial score (nSPS) is 13.2. The van der Waals surface area contributed by atoms with Crippen LogP contribution in [-0.2, 0) is 0 Å². The van der Waals surface area contributed by atoms with Gasteiger partial charge in [-0.3, -0.25) is 4.98 Å². The molecule has 0 unspecified atom stereocenters. The Bertz CT molecular complexity index is 228. The quantitative estimate of drug-likeness (QED) is 0.684. The van der Waals surface area contributed by atoms with Crippen molar-refractivity contribution in [2.24, 2.45) is 5.92 Å². The van der Waals surface area contributed by atoms with Crippen LogP contribution in [0.15, 0.2) is 24.5 Å². The van der Waals surface area contributed by atoms with Crippen LogP contribution in [0.3, 0.4) is 0 Å². The van der Waals surface area contributed by atoms with Crippen molar-refractivity contribution in [2.45, 2.75) is 39.5 Å². The maximum Gasteiger partial charge on any atom is 0.0270 e. The molecule has 1 rings (SSSR count). The predicted octanol–water partition coefficient (Wildman–Crippen LogP) is 3.62. The lowest BCUT2D eigenvalue weighted by Crippen LogP contribution is -1.96. The first kappa shape index (κ1) is 10.2. The van der Waals surface area contributed by atoms with E-state index in [0.29, 0.717) is 5.92 Å². The average molecular weight is 177 g/mol. The van der Waals surface area contributed by atoms with Crippen molar-refractivity contribution >= 4 is 0 Å². The van der Waals surface area contributed by atoms with Crippen LogP contribution in [-0.4, -0.2) is 4.98 Å². The van der Waals surface area contributed by atoms with Gasteiger partial charge in [0.05, 0.1) is 0 Å². The molecule has 72 valence electrons. The van der Waals surface area contributed by atoms with Crippen molar-refractivity contribution < 1.29 is 0 Å². The second-order valence-electron chi connectivity index (χ2n) is 4.15. The molecule has 0 amide bonds. The van der Waals surface area contributed by atoms with Crippen LogP contribution < -0.4 is 0 Å². The standard InChI is InChI=1S/C12H19N/c1-10(2)4-5-11(3)12-6-8-13-9-7-12/h6-11H,4-5H2,1-3H3/t11-/m1/s1. The molecule has 1 nitrogen and oxygen atoms in total. The van der Waals surface area contributed by atoms with Gasteiger partial charge in [0.15, 0.2) is 0 Å². The van der Waals surface area contributed by atoms with Gasteiger partial charge in [-0.25, -0.2) is 0 Å². The summed E-state index contributed by atoms with van der Waals surface area (Å²) < 4.78 is 0. The Kier molecular flexibility index (Phi) is 3.94. The van der Waals surface area contributed by atoms with E-state index in [0.717, 1.165) is 5.92 Å². The minimum Gasteiger partial charge on any atom is -0.265 e. The van der Waals surface area contributed by atoms with Crippen LogP contribution in [0.4, 0.5) is 0 Å². The predicted molar refractivity (Wildman–Crippen MR) is 56.7 cm³/mol. The van der Waals surface area contributed by atoms with Crippen LogP contribution >= 0.6 is 0 Å². The summed E-state index contributed by atoms with van der Waals surface area (Å²) in [5.41, 5.74) is 1.41. The zero-order chi connectivity index (χ0) is 9.68. The van der Waals surface area contributed by atoms with Crippen LogP contribution in [0.5, 0.6) is 0 Å². The first-order valence-electron chi connectivity index (χ1n) is 5.10. The fourth-order valence-electron chi connectivity index (χ4n) is 1.44. The summed E-state index contributed by atoms with van der Waals surface area (Å²) in [5, 5.41) is 0. The molecule has 0 saturated heterocycles. The molecule has 0 N–H and O–H groups in total. The highest BCUT2D eigenvalue weighted by atomic mass is 14.6. The zero-order valence-electron chi connectivity index (χ0n) is 8.83. The van der Waals surface area contributed by atoms with Crippen molar-refractivity contribution in [3.8, 4) is 0 Å². The lowest BCUT2D eigenvalue weighted by Gasteiger charge is -2.12. The summed E-state index contributed by atoms with van der Waals surface area (Å²) in [4.78, 5) is 4.02. The van der Waals surface area contributed by atoms with Crippen molar-refractivity contribution in [1.82, 2.24) is 4.98 Å². The maximum atomic E-state index is 4.02. The highest BCUT2D eigenvalue weighted by Crippen LogP contribution is 2.21. The Balaban J connectivity index is 2.44. The second kappa shape index (κ2) is 5.00. The van der Waals surface area contributed by atoms with E-state index in [2.05, 4.69) is 37.9 Å². The summed E-state index contributed by atoms with van der Waals surface area (Å²) in [7, 11) is 0. The number of hydrogen-bond donors (Lipinski definition) is 0. The van der Waals surface area contributed by atoms with Gasteiger partial charge in [-0.15, -0.1) is 0 Å². The number of rotatable bonds is 4. The van der Waals surface area contributed by atoms with Crippen molar-refractivity contribution in [3.05, 3.63) is 30.1 Å². The summed E-state index contributed by atoms with van der Waals surface area (Å²) >= 11 is 0. The largest absolute Gasteiger partial charge is 0.265 e. The molecular formula is C12H19N. The SMILES string of the molecule is CC(C)CC[C@@H](C)c1ccncc1. The first-order chi connectivity index (χ1) is 6.20. The third kappa shape index (κ3) is 3.58. The Morgan fingerprint density at radius 2 is 1.69 bits per heavy atom. The van der Waals surface area contributed by atoms with Gasteiger partial charge in [-0.1, -0.05) is 27.2 Å². The van der Waals surface area contributed by atoms with Gasteiger partial charge in [0.2, 0.25) is 0 Å². The summed E-state index contributed by atoms with van der Waals surface area (Å²) in [5.74, 6) is 1.48. The smallest absolute Gasteiger partial charge is 0.0270 e. The Morgan fingerprint density at radius 1 is 1.08 bits per heavy atom. The molecule has 0 aliphatic heterocycles. The van der Waals surface area contributed by atoms with Gasteiger partial charge >= 0.3 is 0 Å². The number of pyridine rings is 1. The van der Waals surface area contributed by atoms with Gasteiger partial charge in [-0.05, 0) is 36.0 Å². The van der Waals surface area contributed by atoms with E-state index < -0.39 is 0 Å². The number of hydrogen-bond acceptors (Lipinski definition) is 1. The molecule has 1 heterocycles. The van der Waals surface area contributed by atoms with Crippen LogP contribution in [0, 0.1) is 5.92 Å². The van der Waals surface area contributed by atoms with Gasteiger partial charge in [0.25, 0.3) is 0 Å². The molecule has 1 heteroatoms. The van der Waals surface area contributed by atoms with Gasteiger partial charge in [-0.2, -0.15) is 0 Å². The summed E-state index contributed by atoms with van der Waals surface area (Å²) in [6.07, 6.45) is 6.34. The van der Waals surface area contributed by atoms with E-state index in [1.54, 1.807) is 0 Å². The first-order valence-corrected chi connectivity index (χ1v) is 5.10. The lowest BCUT2D eigenvalue weighted by atomic mass is 9.94. The Labute approximate surface area is 81.2 Å². The molecule has 1 aromatic heterocycles. The van der Waals surface area contributed by atoms with Gasteiger partial charge < -0.3 is 0 Å². The van der Waals surface area contributed by atoms with Gasteiger partial charge in [0, 0.05) is 12.4 Å². The monoisotopic (exact) mass is 177 g/mol. The molecule has 0 aliphatic rings. The fourth-order valence-corrected chi connectivity index (χ4v) is 1.44. The van der Waals surface area contributed by atoms with Crippen LogP contribution in [0.1, 0.15) is 45.1 Å².